The monoisotopic (exact) mass is 792 g/mol. The summed E-state index contributed by atoms with van der Waals surface area (Å²) in [5.41, 5.74) is 3.80. The topological polar surface area (TPSA) is 173 Å². The summed E-state index contributed by atoms with van der Waals surface area (Å²) in [6.07, 6.45) is 3.79. The van der Waals surface area contributed by atoms with E-state index in [1.54, 1.807) is 47.6 Å². The molecule has 0 saturated carbocycles. The predicted molar refractivity (Wildman–Crippen MR) is 208 cm³/mol. The summed E-state index contributed by atoms with van der Waals surface area (Å²) in [6.45, 7) is 7.01. The van der Waals surface area contributed by atoms with Crippen molar-refractivity contribution in [3.05, 3.63) is 143 Å². The molecule has 294 valence electrons. The van der Waals surface area contributed by atoms with Crippen LogP contribution in [0, 0.1) is 10.8 Å². The van der Waals surface area contributed by atoms with Crippen molar-refractivity contribution in [1.82, 2.24) is 19.8 Å². The maximum absolute atomic E-state index is 13.7. The van der Waals surface area contributed by atoms with E-state index < -0.39 is 41.0 Å². The number of rotatable bonds is 9. The van der Waals surface area contributed by atoms with Crippen LogP contribution >= 0.6 is 0 Å². The summed E-state index contributed by atoms with van der Waals surface area (Å²) < 4.78 is 6.14. The molecule has 8 rings (SSSR count). The van der Waals surface area contributed by atoms with Gasteiger partial charge in [0.2, 0.25) is 0 Å². The van der Waals surface area contributed by atoms with Crippen LogP contribution < -0.4 is 34.7 Å². The zero-order chi connectivity index (χ0) is 40.6. The SMILES string of the molecule is CC1(C)CC2/C(=C(/CO)c3ccccn3)C(=O)N2[C@H]1C(=O)OC(c1ccccc1)c1ccccc1.CC1(C)CC2/C(=C(/CO)c3ccccn3)C(=O)N2[C@H]1C(=O)[O-].[Na+]. The van der Waals surface area contributed by atoms with E-state index in [1.807, 2.05) is 94.4 Å². The molecule has 4 atom stereocenters. The summed E-state index contributed by atoms with van der Waals surface area (Å²) in [5, 5.41) is 31.1. The summed E-state index contributed by atoms with van der Waals surface area (Å²) in [5.74, 6) is -2.25. The fraction of sp³-hybridized carbons (Fsp3) is 0.333. The van der Waals surface area contributed by atoms with Gasteiger partial charge >= 0.3 is 35.5 Å². The van der Waals surface area contributed by atoms with E-state index in [9.17, 15) is 34.5 Å². The maximum Gasteiger partial charge on any atom is 1.00 e. The zero-order valence-corrected chi connectivity index (χ0v) is 35.2. The normalized spacial score (nSPS) is 23.9. The number of fused-ring (bicyclic) bond motifs is 2. The molecule has 6 heterocycles. The zero-order valence-electron chi connectivity index (χ0n) is 33.2. The molecule has 4 aliphatic rings. The second-order valence-corrected chi connectivity index (χ2v) is 16.1. The predicted octanol–water partition coefficient (Wildman–Crippen LogP) is 0.760. The number of pyridine rings is 2. The van der Waals surface area contributed by atoms with Crippen molar-refractivity contribution in [3.8, 4) is 0 Å². The van der Waals surface area contributed by atoms with E-state index in [1.165, 1.54) is 4.90 Å². The smallest absolute Gasteiger partial charge is 0.548 e. The number of ether oxygens (including phenoxy) is 1. The number of carboxylic acids is 1. The third-order valence-corrected chi connectivity index (χ3v) is 11.5. The third kappa shape index (κ3) is 7.67. The Labute approximate surface area is 359 Å². The molecular formula is C45H45N4NaO8. The van der Waals surface area contributed by atoms with Crippen molar-refractivity contribution in [2.24, 2.45) is 10.8 Å². The average Bonchev–Trinajstić information content (AvgIpc) is 3.62. The quantitative estimate of drug-likeness (QED) is 0.107. The number of aromatic nitrogens is 2. The minimum Gasteiger partial charge on any atom is -0.548 e. The molecule has 4 saturated heterocycles. The number of nitrogens with zero attached hydrogens (tertiary/aromatic N) is 4. The number of aliphatic carboxylic acids is 1. The van der Waals surface area contributed by atoms with E-state index >= 15 is 0 Å². The molecule has 4 aromatic rings. The Morgan fingerprint density at radius 3 is 1.47 bits per heavy atom. The molecule has 12 nitrogen and oxygen atoms in total. The summed E-state index contributed by atoms with van der Waals surface area (Å²) in [4.78, 5) is 62.4. The Balaban J connectivity index is 0.000000213. The van der Waals surface area contributed by atoms with E-state index in [-0.39, 0.29) is 66.7 Å². The van der Waals surface area contributed by atoms with Crippen LogP contribution in [0.5, 0.6) is 0 Å². The first-order valence-electron chi connectivity index (χ1n) is 19.0. The number of hydrogen-bond donors (Lipinski definition) is 2. The minimum absolute atomic E-state index is 0. The van der Waals surface area contributed by atoms with Crippen molar-refractivity contribution < 1.29 is 68.8 Å². The van der Waals surface area contributed by atoms with Crippen LogP contribution in [0.2, 0.25) is 0 Å². The Morgan fingerprint density at radius 2 is 1.09 bits per heavy atom. The number of amides is 2. The van der Waals surface area contributed by atoms with Crippen molar-refractivity contribution in [3.63, 3.8) is 0 Å². The van der Waals surface area contributed by atoms with Crippen LogP contribution in [0.25, 0.3) is 11.1 Å². The second-order valence-electron chi connectivity index (χ2n) is 16.1. The van der Waals surface area contributed by atoms with Crippen LogP contribution in [-0.4, -0.2) is 91.1 Å². The molecule has 2 aromatic carbocycles. The third-order valence-electron chi connectivity index (χ3n) is 11.5. The Kier molecular flexibility index (Phi) is 12.6. The molecule has 0 aliphatic carbocycles. The van der Waals surface area contributed by atoms with Gasteiger partial charge in [0.15, 0.2) is 6.10 Å². The molecular weight excluding hydrogens is 748 g/mol. The maximum atomic E-state index is 13.7. The Morgan fingerprint density at radius 1 is 0.690 bits per heavy atom. The van der Waals surface area contributed by atoms with Gasteiger partial charge in [-0.2, -0.15) is 0 Å². The van der Waals surface area contributed by atoms with Gasteiger partial charge in [-0.05, 0) is 59.1 Å². The van der Waals surface area contributed by atoms with Crippen molar-refractivity contribution >= 4 is 34.9 Å². The van der Waals surface area contributed by atoms with E-state index in [4.69, 9.17) is 4.74 Å². The first-order valence-corrected chi connectivity index (χ1v) is 19.0. The average molecular weight is 793 g/mol. The van der Waals surface area contributed by atoms with E-state index in [2.05, 4.69) is 9.97 Å². The number of benzene rings is 2. The second kappa shape index (κ2) is 17.1. The molecule has 2 amide bonds. The Bertz CT molecular complexity index is 2190. The van der Waals surface area contributed by atoms with Gasteiger partial charge in [-0.25, -0.2) is 4.79 Å². The number of hydrogen-bond acceptors (Lipinski definition) is 10. The Hall–Kier alpha value is -4.98. The largest absolute Gasteiger partial charge is 1.00 e. The van der Waals surface area contributed by atoms with E-state index in [0.29, 0.717) is 46.5 Å². The first-order chi connectivity index (χ1) is 27.3. The van der Waals surface area contributed by atoms with Gasteiger partial charge < -0.3 is 34.7 Å². The summed E-state index contributed by atoms with van der Waals surface area (Å²) in [6, 6.07) is 27.7. The minimum atomic E-state index is -1.23. The van der Waals surface area contributed by atoms with Gasteiger partial charge in [0.1, 0.15) is 6.04 Å². The van der Waals surface area contributed by atoms with Crippen LogP contribution in [0.15, 0.2) is 121 Å². The number of carbonyl (C=O) groups excluding carboxylic acids is 4. The van der Waals surface area contributed by atoms with Crippen LogP contribution in [0.3, 0.4) is 0 Å². The molecule has 13 heteroatoms. The number of esters is 1. The van der Waals surface area contributed by atoms with Gasteiger partial charge in [-0.3, -0.25) is 19.6 Å². The fourth-order valence-corrected chi connectivity index (χ4v) is 8.94. The number of carbonyl (C=O) groups is 4. The van der Waals surface area contributed by atoms with Crippen molar-refractivity contribution in [2.45, 2.75) is 70.8 Å². The first kappa shape index (κ1) is 42.6. The number of aliphatic hydroxyl groups is 2. The van der Waals surface area contributed by atoms with E-state index in [0.717, 1.165) is 11.1 Å². The van der Waals surface area contributed by atoms with Crippen molar-refractivity contribution in [1.29, 1.82) is 0 Å². The standard InChI is InChI=1S/C29H28N2O4.C16H18N2O4.Na/c1-29(2)17-23-24(21(18-32)22-15-9-10-16-30-22)27(33)31(23)26(29)28(34)35-25(19-11-5-3-6-12-19)20-13-7-4-8-14-20;1-16(2)7-11-12(14(20)18(11)13(16)15(21)22)9(8-19)10-5-3-4-6-17-10;/h3-16,23,25-26,32H,17-18H2,1-2H3;3-6,11,13,19H,7-8H2,1-2H3,(H,21,22);/q;;+1/p-1/b24-21+;12-9+;/t23?,26-;11?,13-;/m00./s1. The number of carboxylic acid groups (broad SMARTS) is 1. The van der Waals surface area contributed by atoms with Crippen LogP contribution in [-0.2, 0) is 23.9 Å². The van der Waals surface area contributed by atoms with Crippen LogP contribution in [0.4, 0.5) is 0 Å². The molecule has 4 fully saturated rings. The van der Waals surface area contributed by atoms with Crippen LogP contribution in [0.1, 0.15) is 69.2 Å². The molecule has 58 heavy (non-hydrogen) atoms. The molecule has 0 bridgehead atoms. The van der Waals surface area contributed by atoms with Gasteiger partial charge in [-0.1, -0.05) is 100 Å². The molecule has 2 unspecified atom stereocenters. The van der Waals surface area contributed by atoms with Gasteiger partial charge in [0.25, 0.3) is 11.8 Å². The van der Waals surface area contributed by atoms with Gasteiger partial charge in [0, 0.05) is 34.7 Å². The number of β-lactam (4-membered cyclic amide) rings is 2. The van der Waals surface area contributed by atoms with Gasteiger partial charge in [0.05, 0.1) is 48.7 Å². The fourth-order valence-electron chi connectivity index (χ4n) is 8.94. The molecule has 2 aromatic heterocycles. The van der Waals surface area contributed by atoms with Crippen molar-refractivity contribution in [2.75, 3.05) is 13.2 Å². The molecule has 4 aliphatic heterocycles. The summed E-state index contributed by atoms with van der Waals surface area (Å²) in [7, 11) is 0. The molecule has 2 N–H and O–H groups in total. The molecule has 0 spiro atoms. The van der Waals surface area contributed by atoms with Gasteiger partial charge in [-0.15, -0.1) is 0 Å². The summed E-state index contributed by atoms with van der Waals surface area (Å²) >= 11 is 0. The number of aliphatic hydroxyl groups excluding tert-OH is 2. The molecule has 0 radical (unpaired) electrons.